The molecule has 0 saturated carbocycles. The lowest BCUT2D eigenvalue weighted by Gasteiger charge is -2.30. The number of hydrogen-bond donors (Lipinski definition) is 0. The fraction of sp³-hybridized carbons (Fsp3) is 0.209. The number of rotatable bonds is 2. The average molecular weight is 628 g/mol. The van der Waals surface area contributed by atoms with Crippen LogP contribution >= 0.6 is 11.3 Å². The van der Waals surface area contributed by atoms with E-state index >= 15 is 0 Å². The summed E-state index contributed by atoms with van der Waals surface area (Å²) in [6.45, 7) is 7.75. The molecule has 0 spiro atoms. The van der Waals surface area contributed by atoms with Gasteiger partial charge >= 0.3 is 0 Å². The highest BCUT2D eigenvalue weighted by Gasteiger charge is 2.32. The first-order valence-corrected chi connectivity index (χ1v) is 17.7. The topological polar surface area (TPSA) is 29.0 Å². The highest BCUT2D eigenvalue weighted by atomic mass is 32.1. The van der Waals surface area contributed by atoms with Crippen molar-refractivity contribution in [1.82, 2.24) is 9.97 Å². The van der Waals surface area contributed by atoms with Crippen molar-refractivity contribution in [3.8, 4) is 11.3 Å². The number of hydrogen-bond acceptors (Lipinski definition) is 4. The Bertz CT molecular complexity index is 2300. The third kappa shape index (κ3) is 4.69. The van der Waals surface area contributed by atoms with Crippen LogP contribution in [0.5, 0.6) is 0 Å². The van der Waals surface area contributed by atoms with Crippen LogP contribution in [0.4, 0.5) is 11.6 Å². The molecule has 0 saturated heterocycles. The summed E-state index contributed by atoms with van der Waals surface area (Å²) < 4.78 is 1.33. The fourth-order valence-electron chi connectivity index (χ4n) is 8.01. The third-order valence-corrected chi connectivity index (χ3v) is 11.6. The molecule has 0 radical (unpaired) electrons. The Kier molecular flexibility index (Phi) is 6.76. The van der Waals surface area contributed by atoms with Crippen LogP contribution in [0.1, 0.15) is 72.7 Å². The Morgan fingerprint density at radius 3 is 2.53 bits per heavy atom. The van der Waals surface area contributed by atoms with Crippen molar-refractivity contribution >= 4 is 55.5 Å². The molecule has 3 aliphatic rings. The van der Waals surface area contributed by atoms with Crippen LogP contribution < -0.4 is 4.90 Å². The number of para-hydroxylation sites is 1. The lowest BCUT2D eigenvalue weighted by Crippen LogP contribution is -2.22. The number of fused-ring (bicyclic) bond motifs is 7. The van der Waals surface area contributed by atoms with Crippen LogP contribution in [0.15, 0.2) is 115 Å². The molecule has 0 amide bonds. The molecule has 230 valence electrons. The summed E-state index contributed by atoms with van der Waals surface area (Å²) in [5, 5.41) is 3.82. The van der Waals surface area contributed by atoms with E-state index in [-0.39, 0.29) is 5.92 Å². The van der Waals surface area contributed by atoms with Crippen molar-refractivity contribution in [2.45, 2.75) is 52.0 Å². The average Bonchev–Trinajstić information content (AvgIpc) is 3.48. The Morgan fingerprint density at radius 1 is 0.809 bits per heavy atom. The maximum atomic E-state index is 5.55. The minimum absolute atomic E-state index is 0.248. The normalized spacial score (nSPS) is 20.3. The molecular weight excluding hydrogens is 591 g/mol. The summed E-state index contributed by atoms with van der Waals surface area (Å²) in [5.74, 6) is 1.86. The minimum Gasteiger partial charge on any atom is -0.305 e. The molecule has 47 heavy (non-hydrogen) atoms. The molecular formula is C43H37N3S. The van der Waals surface area contributed by atoms with Crippen molar-refractivity contribution in [2.24, 2.45) is 5.92 Å². The molecule has 1 aliphatic heterocycles. The first-order valence-electron chi connectivity index (χ1n) is 16.9. The standard InChI is InChI=1S/C43H37N3S/c1-26-19-22-33-35(23-26)28(3)32-14-6-8-17-37(32)46(25-39-41(33)34-15-7-9-18-38(34)47-39)43-44-36-16-10-11-27(2)40(36)42(45-43)31-21-20-29-12-4-5-13-30(29)24-31/h4-10,12-22,24,26-28H,11,23,25H2,1-3H3. The molecule has 0 fully saturated rings. The molecule has 3 unspecified atom stereocenters. The number of aromatic nitrogens is 2. The highest BCUT2D eigenvalue weighted by Crippen LogP contribution is 2.49. The van der Waals surface area contributed by atoms with Crippen LogP contribution in [-0.4, -0.2) is 9.97 Å². The van der Waals surface area contributed by atoms with Crippen molar-refractivity contribution in [2.75, 3.05) is 4.90 Å². The van der Waals surface area contributed by atoms with E-state index in [0.717, 1.165) is 35.7 Å². The van der Waals surface area contributed by atoms with Gasteiger partial charge in [-0.15, -0.1) is 11.3 Å². The molecule has 3 heterocycles. The van der Waals surface area contributed by atoms with Crippen molar-refractivity contribution in [3.05, 3.63) is 142 Å². The summed E-state index contributed by atoms with van der Waals surface area (Å²) in [4.78, 5) is 14.7. The summed E-state index contributed by atoms with van der Waals surface area (Å²) in [5.41, 5.74) is 11.3. The Morgan fingerprint density at radius 2 is 1.62 bits per heavy atom. The Hall–Kier alpha value is -4.80. The van der Waals surface area contributed by atoms with E-state index in [1.54, 1.807) is 0 Å². The van der Waals surface area contributed by atoms with Crippen LogP contribution in [0, 0.1) is 5.92 Å². The third-order valence-electron chi connectivity index (χ3n) is 10.4. The van der Waals surface area contributed by atoms with Gasteiger partial charge in [-0.3, -0.25) is 0 Å². The van der Waals surface area contributed by atoms with Gasteiger partial charge in [0, 0.05) is 43.3 Å². The van der Waals surface area contributed by atoms with E-state index in [2.05, 4.69) is 141 Å². The second-order valence-corrected chi connectivity index (χ2v) is 14.7. The van der Waals surface area contributed by atoms with Gasteiger partial charge in [0.15, 0.2) is 0 Å². The second-order valence-electron chi connectivity index (χ2n) is 13.5. The zero-order valence-corrected chi connectivity index (χ0v) is 27.9. The second kappa shape index (κ2) is 11.2. The largest absolute Gasteiger partial charge is 0.305 e. The maximum absolute atomic E-state index is 5.55. The smallest absolute Gasteiger partial charge is 0.231 e. The first kappa shape index (κ1) is 28.4. The van der Waals surface area contributed by atoms with Crippen molar-refractivity contribution in [1.29, 1.82) is 0 Å². The Labute approximate surface area is 280 Å². The molecule has 2 aromatic heterocycles. The number of anilines is 2. The predicted molar refractivity (Wildman–Crippen MR) is 199 cm³/mol. The van der Waals surface area contributed by atoms with Crippen LogP contribution in [0.3, 0.4) is 0 Å². The van der Waals surface area contributed by atoms with Crippen LogP contribution in [0.25, 0.3) is 43.8 Å². The molecule has 4 heteroatoms. The van der Waals surface area contributed by atoms with Crippen molar-refractivity contribution in [3.63, 3.8) is 0 Å². The van der Waals surface area contributed by atoms with Crippen LogP contribution in [0.2, 0.25) is 0 Å². The lowest BCUT2D eigenvalue weighted by molar-refractivity contribution is 0.666. The van der Waals surface area contributed by atoms with Gasteiger partial charge in [-0.1, -0.05) is 117 Å². The van der Waals surface area contributed by atoms with Gasteiger partial charge in [-0.25, -0.2) is 9.97 Å². The molecule has 6 aromatic rings. The zero-order chi connectivity index (χ0) is 31.6. The van der Waals surface area contributed by atoms with Gasteiger partial charge in [-0.05, 0) is 70.9 Å². The van der Waals surface area contributed by atoms with Gasteiger partial charge in [-0.2, -0.15) is 0 Å². The first-order chi connectivity index (χ1) is 23.0. The van der Waals surface area contributed by atoms with Gasteiger partial charge in [0.1, 0.15) is 0 Å². The number of benzene rings is 4. The molecule has 9 rings (SSSR count). The molecule has 2 aliphatic carbocycles. The molecule has 4 aromatic carbocycles. The SMILES string of the molecule is CC1C=CC2=C(C1)C(C)c1ccccc1N(c1nc3c(c(-c4ccc5ccccc5c4)n1)C(C)CC=C3)Cc1sc3ccccc3c12. The fourth-order valence-corrected chi connectivity index (χ4v) is 9.22. The summed E-state index contributed by atoms with van der Waals surface area (Å²) in [6, 6.07) is 33.3. The van der Waals surface area contributed by atoms with Gasteiger partial charge in [0.25, 0.3) is 0 Å². The number of thiophene rings is 1. The zero-order valence-electron chi connectivity index (χ0n) is 27.1. The van der Waals surface area contributed by atoms with Gasteiger partial charge in [0.05, 0.1) is 17.9 Å². The highest BCUT2D eigenvalue weighted by molar-refractivity contribution is 7.19. The summed E-state index contributed by atoms with van der Waals surface area (Å²) in [7, 11) is 0. The van der Waals surface area contributed by atoms with Crippen molar-refractivity contribution < 1.29 is 0 Å². The van der Waals surface area contributed by atoms with E-state index < -0.39 is 0 Å². The lowest BCUT2D eigenvalue weighted by atomic mass is 9.78. The quantitative estimate of drug-likeness (QED) is 0.191. The van der Waals surface area contributed by atoms with E-state index in [9.17, 15) is 0 Å². The summed E-state index contributed by atoms with van der Waals surface area (Å²) >= 11 is 1.91. The Balaban J connectivity index is 1.31. The summed E-state index contributed by atoms with van der Waals surface area (Å²) in [6.07, 6.45) is 11.4. The monoisotopic (exact) mass is 627 g/mol. The molecule has 0 N–H and O–H groups in total. The van der Waals surface area contributed by atoms with Gasteiger partial charge in [0.2, 0.25) is 5.95 Å². The number of allylic oxidation sites excluding steroid dienone is 5. The minimum atomic E-state index is 0.248. The van der Waals surface area contributed by atoms with Crippen LogP contribution in [-0.2, 0) is 6.54 Å². The molecule has 0 bridgehead atoms. The van der Waals surface area contributed by atoms with E-state index in [4.69, 9.17) is 9.97 Å². The van der Waals surface area contributed by atoms with E-state index in [0.29, 0.717) is 18.4 Å². The predicted octanol–water partition coefficient (Wildman–Crippen LogP) is 11.8. The maximum Gasteiger partial charge on any atom is 0.231 e. The van der Waals surface area contributed by atoms with E-state index in [1.165, 1.54) is 59.3 Å². The number of nitrogens with zero attached hydrogens (tertiary/aromatic N) is 3. The molecule has 3 atom stereocenters. The van der Waals surface area contributed by atoms with Gasteiger partial charge < -0.3 is 4.90 Å². The molecule has 3 nitrogen and oxygen atoms in total. The van der Waals surface area contributed by atoms with E-state index in [1.807, 2.05) is 11.3 Å².